The fraction of sp³-hybridized carbons (Fsp3) is 0.273. The van der Waals surface area contributed by atoms with Crippen molar-refractivity contribution in [3.63, 3.8) is 0 Å². The molecule has 3 aromatic rings. The molecule has 0 radical (unpaired) electrons. The zero-order valence-corrected chi connectivity index (χ0v) is 16.0. The number of ketones is 1. The number of hydrogen-bond acceptors (Lipinski definition) is 4. The molecule has 0 fully saturated rings. The Kier molecular flexibility index (Phi) is 4.77. The molecule has 6 heteroatoms. The molecule has 1 atom stereocenters. The highest BCUT2D eigenvalue weighted by Crippen LogP contribution is 2.36. The number of nitrogens with zero attached hydrogens (tertiary/aromatic N) is 3. The third-order valence-corrected chi connectivity index (χ3v) is 5.19. The zero-order valence-electron chi connectivity index (χ0n) is 16.0. The van der Waals surface area contributed by atoms with Gasteiger partial charge in [-0.15, -0.1) is 0 Å². The molecule has 0 saturated heterocycles. The van der Waals surface area contributed by atoms with E-state index in [1.165, 1.54) is 0 Å². The summed E-state index contributed by atoms with van der Waals surface area (Å²) in [5.74, 6) is -0.309. The maximum Gasteiger partial charge on any atom is 0.226 e. The molecule has 1 aliphatic rings. The molecule has 6 nitrogen and oxygen atoms in total. The molecule has 0 bridgehead atoms. The number of amides is 1. The standard InChI is InChI=1S/C22H22N4O2/c1-26(2)22(28)15-11-18-20(19(27)12-15)17(13-16-5-3-4-8-24-16)21(25-18)14-6-9-23-10-7-14/h3-10,15,25H,11-13H2,1-2H3. The summed E-state index contributed by atoms with van der Waals surface area (Å²) < 4.78 is 0. The molecule has 3 aromatic heterocycles. The Labute approximate surface area is 163 Å². The van der Waals surface area contributed by atoms with E-state index in [2.05, 4.69) is 15.0 Å². The first-order valence-electron chi connectivity index (χ1n) is 9.33. The van der Waals surface area contributed by atoms with Gasteiger partial charge in [0.2, 0.25) is 5.91 Å². The summed E-state index contributed by atoms with van der Waals surface area (Å²) in [4.78, 5) is 39.0. The second-order valence-electron chi connectivity index (χ2n) is 7.33. The van der Waals surface area contributed by atoms with Gasteiger partial charge in [0.05, 0.1) is 11.6 Å². The van der Waals surface area contributed by atoms with E-state index in [4.69, 9.17) is 0 Å². The van der Waals surface area contributed by atoms with Crippen molar-refractivity contribution in [2.45, 2.75) is 19.3 Å². The fourth-order valence-electron chi connectivity index (χ4n) is 3.90. The van der Waals surface area contributed by atoms with Crippen molar-refractivity contribution in [2.75, 3.05) is 14.1 Å². The van der Waals surface area contributed by atoms with E-state index in [-0.39, 0.29) is 24.0 Å². The highest BCUT2D eigenvalue weighted by Gasteiger charge is 2.35. The summed E-state index contributed by atoms with van der Waals surface area (Å²) in [6, 6.07) is 9.63. The number of aromatic amines is 1. The van der Waals surface area contributed by atoms with Crippen LogP contribution in [-0.4, -0.2) is 45.6 Å². The molecular formula is C22H22N4O2. The molecule has 0 aliphatic heterocycles. The number of H-pyrrole nitrogens is 1. The van der Waals surface area contributed by atoms with Crippen molar-refractivity contribution in [2.24, 2.45) is 5.92 Å². The predicted molar refractivity (Wildman–Crippen MR) is 106 cm³/mol. The molecule has 3 heterocycles. The zero-order chi connectivity index (χ0) is 19.7. The van der Waals surface area contributed by atoms with E-state index in [1.54, 1.807) is 37.6 Å². The van der Waals surface area contributed by atoms with Gasteiger partial charge in [0, 0.05) is 74.5 Å². The smallest absolute Gasteiger partial charge is 0.226 e. The maximum absolute atomic E-state index is 13.1. The first-order chi connectivity index (χ1) is 13.5. The lowest BCUT2D eigenvalue weighted by Gasteiger charge is -2.24. The molecule has 1 unspecified atom stereocenters. The van der Waals surface area contributed by atoms with Crippen LogP contribution in [0.25, 0.3) is 11.3 Å². The number of hydrogen-bond donors (Lipinski definition) is 1. The van der Waals surface area contributed by atoms with Crippen LogP contribution in [0.2, 0.25) is 0 Å². The number of carbonyl (C=O) groups excluding carboxylic acids is 2. The number of pyridine rings is 2. The Bertz CT molecular complexity index is 1010. The van der Waals surface area contributed by atoms with Crippen molar-refractivity contribution in [1.82, 2.24) is 19.9 Å². The molecule has 1 N–H and O–H groups in total. The molecule has 0 spiro atoms. The van der Waals surface area contributed by atoms with Crippen molar-refractivity contribution >= 4 is 11.7 Å². The van der Waals surface area contributed by atoms with Crippen LogP contribution in [0.15, 0.2) is 48.9 Å². The second kappa shape index (κ2) is 7.38. The van der Waals surface area contributed by atoms with Gasteiger partial charge in [-0.3, -0.25) is 19.6 Å². The van der Waals surface area contributed by atoms with E-state index in [0.717, 1.165) is 33.8 Å². The minimum Gasteiger partial charge on any atom is -0.358 e. The van der Waals surface area contributed by atoms with Crippen LogP contribution in [0.3, 0.4) is 0 Å². The highest BCUT2D eigenvalue weighted by atomic mass is 16.2. The van der Waals surface area contributed by atoms with E-state index in [1.807, 2.05) is 30.3 Å². The van der Waals surface area contributed by atoms with Gasteiger partial charge in [-0.05, 0) is 29.8 Å². The summed E-state index contributed by atoms with van der Waals surface area (Å²) in [5.41, 5.74) is 5.29. The van der Waals surface area contributed by atoms with Crippen LogP contribution in [0, 0.1) is 5.92 Å². The first-order valence-corrected chi connectivity index (χ1v) is 9.33. The minimum atomic E-state index is -0.318. The van der Waals surface area contributed by atoms with Gasteiger partial charge < -0.3 is 9.88 Å². The average Bonchev–Trinajstić information content (AvgIpc) is 3.07. The molecule has 0 aromatic carbocycles. The van der Waals surface area contributed by atoms with E-state index in [0.29, 0.717) is 12.8 Å². The monoisotopic (exact) mass is 374 g/mol. The molecule has 28 heavy (non-hydrogen) atoms. The highest BCUT2D eigenvalue weighted by molar-refractivity contribution is 6.04. The molecule has 1 aliphatic carbocycles. The lowest BCUT2D eigenvalue weighted by atomic mass is 9.83. The number of aromatic nitrogens is 3. The summed E-state index contributed by atoms with van der Waals surface area (Å²) in [7, 11) is 3.46. The maximum atomic E-state index is 13.1. The van der Waals surface area contributed by atoms with Crippen LogP contribution in [0.4, 0.5) is 0 Å². The van der Waals surface area contributed by atoms with Gasteiger partial charge >= 0.3 is 0 Å². The van der Waals surface area contributed by atoms with Crippen molar-refractivity contribution in [3.8, 4) is 11.3 Å². The molecule has 1 amide bonds. The fourth-order valence-corrected chi connectivity index (χ4v) is 3.90. The van der Waals surface area contributed by atoms with Gasteiger partial charge in [-0.1, -0.05) is 6.07 Å². The van der Waals surface area contributed by atoms with Crippen molar-refractivity contribution in [3.05, 3.63) is 71.4 Å². The Hall–Kier alpha value is -3.28. The Balaban J connectivity index is 1.81. The number of fused-ring (bicyclic) bond motifs is 1. The minimum absolute atomic E-state index is 0.00895. The normalized spacial score (nSPS) is 15.9. The largest absolute Gasteiger partial charge is 0.358 e. The van der Waals surface area contributed by atoms with Gasteiger partial charge in [-0.25, -0.2) is 0 Å². The molecular weight excluding hydrogens is 352 g/mol. The van der Waals surface area contributed by atoms with Crippen LogP contribution >= 0.6 is 0 Å². The first kappa shape index (κ1) is 18.1. The lowest BCUT2D eigenvalue weighted by Crippen LogP contribution is -2.35. The van der Waals surface area contributed by atoms with Crippen LogP contribution in [-0.2, 0) is 17.6 Å². The second-order valence-corrected chi connectivity index (χ2v) is 7.33. The third-order valence-electron chi connectivity index (χ3n) is 5.19. The van der Waals surface area contributed by atoms with Gasteiger partial charge in [0.1, 0.15) is 0 Å². The van der Waals surface area contributed by atoms with Crippen LogP contribution in [0.5, 0.6) is 0 Å². The SMILES string of the molecule is CN(C)C(=O)C1CC(=O)c2c([nH]c(-c3ccncc3)c2Cc2ccccn2)C1. The van der Waals surface area contributed by atoms with Gasteiger partial charge in [-0.2, -0.15) is 0 Å². The van der Waals surface area contributed by atoms with Crippen LogP contribution < -0.4 is 0 Å². The number of Topliss-reactive ketones (excluding diaryl/α,β-unsaturated/α-hetero) is 1. The summed E-state index contributed by atoms with van der Waals surface area (Å²) in [5, 5.41) is 0. The summed E-state index contributed by atoms with van der Waals surface area (Å²) >= 11 is 0. The van der Waals surface area contributed by atoms with Gasteiger partial charge in [0.25, 0.3) is 0 Å². The topological polar surface area (TPSA) is 79.0 Å². The predicted octanol–water partition coefficient (Wildman–Crippen LogP) is 2.90. The summed E-state index contributed by atoms with van der Waals surface area (Å²) in [6.07, 6.45) is 6.57. The number of rotatable bonds is 4. The van der Waals surface area contributed by atoms with Crippen molar-refractivity contribution < 1.29 is 9.59 Å². The average molecular weight is 374 g/mol. The molecule has 0 saturated carbocycles. The Morgan fingerprint density at radius 1 is 1.14 bits per heavy atom. The van der Waals surface area contributed by atoms with Crippen molar-refractivity contribution in [1.29, 1.82) is 0 Å². The molecule has 142 valence electrons. The Morgan fingerprint density at radius 3 is 2.61 bits per heavy atom. The van der Waals surface area contributed by atoms with E-state index in [9.17, 15) is 9.59 Å². The molecule has 4 rings (SSSR count). The van der Waals surface area contributed by atoms with Gasteiger partial charge in [0.15, 0.2) is 5.78 Å². The number of carbonyl (C=O) groups is 2. The number of nitrogens with one attached hydrogen (secondary N) is 1. The van der Waals surface area contributed by atoms with E-state index < -0.39 is 0 Å². The lowest BCUT2D eigenvalue weighted by molar-refractivity contribution is -0.133. The quantitative estimate of drug-likeness (QED) is 0.762. The summed E-state index contributed by atoms with van der Waals surface area (Å²) in [6.45, 7) is 0. The third kappa shape index (κ3) is 3.33. The van der Waals surface area contributed by atoms with Crippen LogP contribution in [0.1, 0.15) is 33.7 Å². The van der Waals surface area contributed by atoms with E-state index >= 15 is 0 Å². The Morgan fingerprint density at radius 2 is 1.93 bits per heavy atom.